The molecule has 0 N–H and O–H groups in total. The van der Waals surface area contributed by atoms with E-state index in [1.807, 2.05) is 0 Å². The van der Waals surface area contributed by atoms with E-state index in [1.165, 1.54) is 45.6 Å². The maximum atomic E-state index is 5.57. The highest BCUT2D eigenvalue weighted by Gasteiger charge is 2.31. The molecule has 6 heteroatoms. The van der Waals surface area contributed by atoms with E-state index in [0.717, 1.165) is 69.3 Å². The average molecular weight is 462 g/mol. The van der Waals surface area contributed by atoms with Crippen LogP contribution in [0.4, 0.5) is 5.82 Å². The lowest BCUT2D eigenvalue weighted by Crippen LogP contribution is -2.47. The fourth-order valence-electron chi connectivity index (χ4n) is 6.16. The number of hydrogen-bond acceptors (Lipinski definition) is 5. The number of aromatic nitrogens is 3. The molecular formula is C28H39N5O. The normalized spacial score (nSPS) is 19.1. The summed E-state index contributed by atoms with van der Waals surface area (Å²) in [6.07, 6.45) is 3.41. The Balaban J connectivity index is 1.65. The molecule has 2 aliphatic rings. The summed E-state index contributed by atoms with van der Waals surface area (Å²) in [7, 11) is 0. The Morgan fingerprint density at radius 2 is 1.65 bits per heavy atom. The second-order valence-electron chi connectivity index (χ2n) is 10.2. The van der Waals surface area contributed by atoms with Crippen LogP contribution in [0.5, 0.6) is 0 Å². The van der Waals surface area contributed by atoms with Gasteiger partial charge in [0.1, 0.15) is 5.82 Å². The van der Waals surface area contributed by atoms with E-state index in [9.17, 15) is 0 Å². The number of aryl methyl sites for hydroxylation is 5. The third-order valence-corrected chi connectivity index (χ3v) is 7.82. The van der Waals surface area contributed by atoms with Crippen LogP contribution in [0.2, 0.25) is 0 Å². The number of ether oxygens (including phenoxy) is 1. The van der Waals surface area contributed by atoms with Crippen molar-refractivity contribution in [1.82, 2.24) is 19.5 Å². The first-order valence-corrected chi connectivity index (χ1v) is 12.9. The molecule has 4 heterocycles. The van der Waals surface area contributed by atoms with E-state index in [0.29, 0.717) is 6.04 Å². The quantitative estimate of drug-likeness (QED) is 0.546. The van der Waals surface area contributed by atoms with Gasteiger partial charge in [-0.1, -0.05) is 24.6 Å². The molecule has 2 aromatic heterocycles. The van der Waals surface area contributed by atoms with Gasteiger partial charge in [-0.25, -0.2) is 4.98 Å². The Morgan fingerprint density at radius 3 is 2.32 bits per heavy atom. The summed E-state index contributed by atoms with van der Waals surface area (Å²) < 4.78 is 7.74. The average Bonchev–Trinajstić information content (AvgIpc) is 3.13. The van der Waals surface area contributed by atoms with Crippen molar-refractivity contribution in [2.24, 2.45) is 0 Å². The maximum Gasteiger partial charge on any atom is 0.165 e. The van der Waals surface area contributed by atoms with Crippen LogP contribution in [-0.2, 0) is 11.2 Å². The molecule has 0 aliphatic carbocycles. The van der Waals surface area contributed by atoms with Crippen molar-refractivity contribution in [2.45, 2.75) is 66.8 Å². The van der Waals surface area contributed by atoms with E-state index in [1.54, 1.807) is 0 Å². The van der Waals surface area contributed by atoms with Crippen LogP contribution in [-0.4, -0.2) is 64.9 Å². The maximum absolute atomic E-state index is 5.57. The smallest absolute Gasteiger partial charge is 0.165 e. The van der Waals surface area contributed by atoms with Gasteiger partial charge in [0.25, 0.3) is 0 Å². The van der Waals surface area contributed by atoms with E-state index >= 15 is 0 Å². The van der Waals surface area contributed by atoms with Gasteiger partial charge in [-0.2, -0.15) is 9.61 Å². The zero-order valence-corrected chi connectivity index (χ0v) is 21.7. The van der Waals surface area contributed by atoms with Gasteiger partial charge in [0.2, 0.25) is 0 Å². The van der Waals surface area contributed by atoms with Crippen LogP contribution < -0.4 is 4.90 Å². The predicted octanol–water partition coefficient (Wildman–Crippen LogP) is 4.80. The molecule has 182 valence electrons. The summed E-state index contributed by atoms with van der Waals surface area (Å²) >= 11 is 0. The fourth-order valence-corrected chi connectivity index (χ4v) is 6.16. The van der Waals surface area contributed by atoms with E-state index < -0.39 is 0 Å². The van der Waals surface area contributed by atoms with Crippen LogP contribution in [0.1, 0.15) is 53.4 Å². The Kier molecular flexibility index (Phi) is 6.38. The predicted molar refractivity (Wildman–Crippen MR) is 139 cm³/mol. The summed E-state index contributed by atoms with van der Waals surface area (Å²) in [5, 5.41) is 5.14. The van der Waals surface area contributed by atoms with Crippen LogP contribution in [0.3, 0.4) is 0 Å². The Bertz CT molecular complexity index is 1180. The first-order valence-electron chi connectivity index (χ1n) is 12.9. The number of fused-ring (bicyclic) bond motifs is 3. The zero-order valence-electron chi connectivity index (χ0n) is 21.7. The van der Waals surface area contributed by atoms with Crippen LogP contribution in [0, 0.1) is 34.6 Å². The molecule has 0 spiro atoms. The SMILES string of the molecule is CCC1CCc2c(C)nc3c(-c4c(C)cc(C)cc4C)c(C)nn3c2N1CCN1CCOCC1. The molecule has 3 aromatic rings. The summed E-state index contributed by atoms with van der Waals surface area (Å²) in [6.45, 7) is 19.1. The lowest BCUT2D eigenvalue weighted by atomic mass is 9.93. The Morgan fingerprint density at radius 1 is 0.941 bits per heavy atom. The molecule has 1 fully saturated rings. The fraction of sp³-hybridized carbons (Fsp3) is 0.571. The molecule has 0 radical (unpaired) electrons. The van der Waals surface area contributed by atoms with Crippen LogP contribution >= 0.6 is 0 Å². The summed E-state index contributed by atoms with van der Waals surface area (Å²) in [5.41, 5.74) is 10.9. The van der Waals surface area contributed by atoms with E-state index in [4.69, 9.17) is 14.8 Å². The second kappa shape index (κ2) is 9.31. The first kappa shape index (κ1) is 23.3. The topological polar surface area (TPSA) is 45.9 Å². The molecule has 1 aromatic carbocycles. The summed E-state index contributed by atoms with van der Waals surface area (Å²) in [4.78, 5) is 10.3. The third-order valence-electron chi connectivity index (χ3n) is 7.82. The minimum absolute atomic E-state index is 0.536. The van der Waals surface area contributed by atoms with Gasteiger partial charge in [-0.05, 0) is 70.6 Å². The van der Waals surface area contributed by atoms with Crippen molar-refractivity contribution in [2.75, 3.05) is 44.3 Å². The van der Waals surface area contributed by atoms with Crippen LogP contribution in [0.25, 0.3) is 16.8 Å². The number of morpholine rings is 1. The molecule has 0 saturated carbocycles. The standard InChI is InChI=1S/C28H39N5O/c1-7-23-8-9-24-21(5)29-27-26(25-19(3)16-18(2)17-20(25)4)22(6)30-33(27)28(24)32(23)11-10-31-12-14-34-15-13-31/h16-17,23H,7-15H2,1-6H3. The number of anilines is 1. The van der Waals surface area contributed by atoms with E-state index in [2.05, 4.69) is 68.0 Å². The third kappa shape index (κ3) is 4.01. The molecular weight excluding hydrogens is 422 g/mol. The van der Waals surface area contributed by atoms with Crippen molar-refractivity contribution >= 4 is 11.5 Å². The van der Waals surface area contributed by atoms with Crippen molar-refractivity contribution in [3.8, 4) is 11.1 Å². The number of hydrogen-bond donors (Lipinski definition) is 0. The van der Waals surface area contributed by atoms with Gasteiger partial charge in [0.15, 0.2) is 5.65 Å². The van der Waals surface area contributed by atoms with Gasteiger partial charge in [-0.15, -0.1) is 0 Å². The monoisotopic (exact) mass is 461 g/mol. The first-order chi connectivity index (χ1) is 16.4. The molecule has 1 atom stereocenters. The van der Waals surface area contributed by atoms with Crippen molar-refractivity contribution in [1.29, 1.82) is 0 Å². The summed E-state index contributed by atoms with van der Waals surface area (Å²) in [5.74, 6) is 1.27. The zero-order chi connectivity index (χ0) is 24.0. The highest BCUT2D eigenvalue weighted by molar-refractivity contribution is 5.85. The highest BCUT2D eigenvalue weighted by Crippen LogP contribution is 2.39. The summed E-state index contributed by atoms with van der Waals surface area (Å²) in [6, 6.07) is 5.09. The van der Waals surface area contributed by atoms with Gasteiger partial charge in [0.05, 0.1) is 24.5 Å². The highest BCUT2D eigenvalue weighted by atomic mass is 16.5. The van der Waals surface area contributed by atoms with Gasteiger partial charge >= 0.3 is 0 Å². The van der Waals surface area contributed by atoms with Gasteiger partial charge < -0.3 is 9.64 Å². The Hall–Kier alpha value is -2.44. The lowest BCUT2D eigenvalue weighted by Gasteiger charge is -2.40. The van der Waals surface area contributed by atoms with Crippen molar-refractivity contribution in [3.05, 3.63) is 45.8 Å². The van der Waals surface area contributed by atoms with Gasteiger partial charge in [0, 0.05) is 43.5 Å². The number of benzene rings is 1. The minimum atomic E-state index is 0.536. The number of rotatable bonds is 5. The molecule has 1 unspecified atom stereocenters. The van der Waals surface area contributed by atoms with Crippen molar-refractivity contribution in [3.63, 3.8) is 0 Å². The lowest BCUT2D eigenvalue weighted by molar-refractivity contribution is 0.0389. The molecule has 5 rings (SSSR count). The molecule has 2 aliphatic heterocycles. The van der Waals surface area contributed by atoms with Crippen LogP contribution in [0.15, 0.2) is 12.1 Å². The second-order valence-corrected chi connectivity index (χ2v) is 10.2. The molecule has 6 nitrogen and oxygen atoms in total. The van der Waals surface area contributed by atoms with E-state index in [-0.39, 0.29) is 0 Å². The molecule has 1 saturated heterocycles. The largest absolute Gasteiger partial charge is 0.379 e. The van der Waals surface area contributed by atoms with Crippen molar-refractivity contribution < 1.29 is 4.74 Å². The number of nitrogens with zero attached hydrogens (tertiary/aromatic N) is 5. The van der Waals surface area contributed by atoms with Gasteiger partial charge in [-0.3, -0.25) is 4.90 Å². The minimum Gasteiger partial charge on any atom is -0.379 e. The molecule has 34 heavy (non-hydrogen) atoms. The molecule has 0 amide bonds. The molecule has 0 bridgehead atoms. The Labute approximate surface area is 203 Å².